The molecule has 0 aliphatic carbocycles. The van der Waals surface area contributed by atoms with E-state index in [0.717, 1.165) is 25.2 Å². The first-order chi connectivity index (χ1) is 8.22. The van der Waals surface area contributed by atoms with Crippen LogP contribution in [0.1, 0.15) is 18.9 Å². The van der Waals surface area contributed by atoms with Gasteiger partial charge in [0, 0.05) is 13.1 Å². The Kier molecular flexibility index (Phi) is 3.52. The number of primary amides is 1. The molecule has 1 aliphatic rings. The van der Waals surface area contributed by atoms with E-state index < -0.39 is 0 Å². The molecule has 0 aromatic heterocycles. The molecule has 4 heteroatoms. The van der Waals surface area contributed by atoms with Crippen molar-refractivity contribution in [1.82, 2.24) is 0 Å². The number of nitrogens with two attached hydrogens (primary N) is 1. The highest BCUT2D eigenvalue weighted by atomic mass is 16.1. The smallest absolute Gasteiger partial charge is 0.236 e. The number of rotatable bonds is 4. The van der Waals surface area contributed by atoms with Crippen molar-refractivity contribution in [1.29, 1.82) is 0 Å². The lowest BCUT2D eigenvalue weighted by atomic mass is 10.0. The normalized spacial score (nSPS) is 13.7. The zero-order valence-corrected chi connectivity index (χ0v) is 10.2. The van der Waals surface area contributed by atoms with Crippen LogP contribution < -0.4 is 16.0 Å². The molecule has 0 saturated carbocycles. The van der Waals surface area contributed by atoms with Crippen molar-refractivity contribution in [2.45, 2.75) is 19.8 Å². The van der Waals surface area contributed by atoms with Gasteiger partial charge in [0.2, 0.25) is 5.91 Å². The van der Waals surface area contributed by atoms with E-state index in [1.165, 1.54) is 17.7 Å². The number of fused-ring (bicyclic) bond motifs is 1. The van der Waals surface area contributed by atoms with Gasteiger partial charge < -0.3 is 16.0 Å². The molecule has 0 unspecified atom stereocenters. The van der Waals surface area contributed by atoms with Crippen LogP contribution in [0, 0.1) is 0 Å². The molecule has 1 aliphatic heterocycles. The fourth-order valence-corrected chi connectivity index (χ4v) is 2.31. The van der Waals surface area contributed by atoms with E-state index in [9.17, 15) is 4.79 Å². The van der Waals surface area contributed by atoms with Crippen molar-refractivity contribution in [2.24, 2.45) is 5.73 Å². The van der Waals surface area contributed by atoms with E-state index in [1.807, 2.05) is 24.0 Å². The number of hydrogen-bond donors (Lipinski definition) is 2. The Morgan fingerprint density at radius 2 is 2.35 bits per heavy atom. The molecule has 2 rings (SSSR count). The van der Waals surface area contributed by atoms with Crippen LogP contribution in [0.4, 0.5) is 11.4 Å². The van der Waals surface area contributed by atoms with Crippen LogP contribution in [0.25, 0.3) is 0 Å². The van der Waals surface area contributed by atoms with Gasteiger partial charge in [0.1, 0.15) is 0 Å². The van der Waals surface area contributed by atoms with Gasteiger partial charge in [0.25, 0.3) is 0 Å². The predicted molar refractivity (Wildman–Crippen MR) is 70.3 cm³/mol. The summed E-state index contributed by atoms with van der Waals surface area (Å²) in [6.45, 7) is 4.08. The summed E-state index contributed by atoms with van der Waals surface area (Å²) in [6, 6.07) is 6.23. The average Bonchev–Trinajstić information content (AvgIpc) is 2.35. The second-order valence-corrected chi connectivity index (χ2v) is 4.32. The number of benzene rings is 1. The van der Waals surface area contributed by atoms with Crippen molar-refractivity contribution in [3.63, 3.8) is 0 Å². The summed E-state index contributed by atoms with van der Waals surface area (Å²) in [5.41, 5.74) is 8.87. The molecule has 0 spiro atoms. The minimum atomic E-state index is -0.291. The summed E-state index contributed by atoms with van der Waals surface area (Å²) in [5.74, 6) is -0.291. The Morgan fingerprint density at radius 3 is 3.06 bits per heavy atom. The van der Waals surface area contributed by atoms with Crippen molar-refractivity contribution < 1.29 is 4.79 Å². The van der Waals surface area contributed by atoms with E-state index in [4.69, 9.17) is 5.73 Å². The Bertz CT molecular complexity index is 417. The van der Waals surface area contributed by atoms with Crippen molar-refractivity contribution in [3.05, 3.63) is 23.8 Å². The van der Waals surface area contributed by atoms with Crippen molar-refractivity contribution in [2.75, 3.05) is 29.9 Å². The maximum atomic E-state index is 11.1. The molecule has 0 saturated heterocycles. The van der Waals surface area contributed by atoms with Crippen LogP contribution in [0.5, 0.6) is 0 Å². The second kappa shape index (κ2) is 5.08. The average molecular weight is 233 g/mol. The lowest BCUT2D eigenvalue weighted by molar-refractivity contribution is -0.116. The maximum Gasteiger partial charge on any atom is 0.236 e. The number of amides is 1. The monoisotopic (exact) mass is 233 g/mol. The number of aryl methyl sites for hydroxylation is 1. The number of nitrogens with one attached hydrogen (secondary N) is 1. The number of hydrogen-bond acceptors (Lipinski definition) is 3. The minimum absolute atomic E-state index is 0.272. The molecule has 4 nitrogen and oxygen atoms in total. The van der Waals surface area contributed by atoms with Crippen LogP contribution in [-0.2, 0) is 11.2 Å². The van der Waals surface area contributed by atoms with Gasteiger partial charge in [-0.2, -0.15) is 0 Å². The van der Waals surface area contributed by atoms with Crippen LogP contribution in [-0.4, -0.2) is 25.5 Å². The third kappa shape index (κ3) is 2.52. The molecule has 0 atom stereocenters. The van der Waals surface area contributed by atoms with Crippen molar-refractivity contribution in [3.8, 4) is 0 Å². The highest BCUT2D eigenvalue weighted by Crippen LogP contribution is 2.32. The quantitative estimate of drug-likeness (QED) is 0.825. The molecular formula is C13H19N3O. The number of para-hydroxylation sites is 1. The number of likely N-dealkylation sites (N-methyl/N-ethyl adjacent to an activating group) is 1. The molecule has 3 N–H and O–H groups in total. The minimum Gasteiger partial charge on any atom is -0.383 e. The van der Waals surface area contributed by atoms with Crippen LogP contribution >= 0.6 is 0 Å². The van der Waals surface area contributed by atoms with Gasteiger partial charge in [-0.25, -0.2) is 0 Å². The summed E-state index contributed by atoms with van der Waals surface area (Å²) in [6.07, 6.45) is 2.27. The zero-order valence-electron chi connectivity index (χ0n) is 10.2. The number of carbonyl (C=O) groups excluding carboxylic acids is 1. The zero-order chi connectivity index (χ0) is 12.3. The highest BCUT2D eigenvalue weighted by molar-refractivity contribution is 5.83. The van der Waals surface area contributed by atoms with Gasteiger partial charge in [-0.15, -0.1) is 0 Å². The van der Waals surface area contributed by atoms with E-state index in [2.05, 4.69) is 11.4 Å². The van der Waals surface area contributed by atoms with E-state index in [0.29, 0.717) is 0 Å². The first-order valence-corrected chi connectivity index (χ1v) is 6.11. The standard InChI is InChI=1S/C13H19N3O/c1-2-16(9-12(14)17)11-7-3-5-10-6-4-8-15-13(10)11/h3,5,7,15H,2,4,6,8-9H2,1H3,(H2,14,17). The summed E-state index contributed by atoms with van der Waals surface area (Å²) >= 11 is 0. The van der Waals surface area contributed by atoms with Crippen LogP contribution in [0.2, 0.25) is 0 Å². The fourth-order valence-electron chi connectivity index (χ4n) is 2.31. The largest absolute Gasteiger partial charge is 0.383 e. The van der Waals surface area contributed by atoms with E-state index >= 15 is 0 Å². The first kappa shape index (κ1) is 11.8. The Morgan fingerprint density at radius 1 is 1.53 bits per heavy atom. The fraction of sp³-hybridized carbons (Fsp3) is 0.462. The van der Waals surface area contributed by atoms with Gasteiger partial charge in [-0.1, -0.05) is 12.1 Å². The molecule has 0 radical (unpaired) electrons. The van der Waals surface area contributed by atoms with Crippen LogP contribution in [0.15, 0.2) is 18.2 Å². The van der Waals surface area contributed by atoms with E-state index in [-0.39, 0.29) is 12.5 Å². The van der Waals surface area contributed by atoms with E-state index in [1.54, 1.807) is 0 Å². The highest BCUT2D eigenvalue weighted by Gasteiger charge is 2.16. The predicted octanol–water partition coefficient (Wildman–Crippen LogP) is 1.36. The molecule has 1 amide bonds. The lowest BCUT2D eigenvalue weighted by Crippen LogP contribution is -2.34. The molecule has 1 aromatic carbocycles. The third-order valence-corrected chi connectivity index (χ3v) is 3.12. The Balaban J connectivity index is 2.32. The number of carbonyl (C=O) groups is 1. The first-order valence-electron chi connectivity index (χ1n) is 6.11. The molecule has 17 heavy (non-hydrogen) atoms. The summed E-state index contributed by atoms with van der Waals surface area (Å²) < 4.78 is 0. The maximum absolute atomic E-state index is 11.1. The van der Waals surface area contributed by atoms with Gasteiger partial charge in [0.15, 0.2) is 0 Å². The summed E-state index contributed by atoms with van der Waals surface area (Å²) in [7, 11) is 0. The SMILES string of the molecule is CCN(CC(N)=O)c1cccc2c1NCCC2. The molecule has 92 valence electrons. The topological polar surface area (TPSA) is 58.4 Å². The Labute approximate surface area is 102 Å². The molecule has 1 aromatic rings. The van der Waals surface area contributed by atoms with Gasteiger partial charge in [0.05, 0.1) is 17.9 Å². The van der Waals surface area contributed by atoms with Gasteiger partial charge in [-0.3, -0.25) is 4.79 Å². The Hall–Kier alpha value is -1.71. The number of anilines is 2. The third-order valence-electron chi connectivity index (χ3n) is 3.12. The van der Waals surface area contributed by atoms with Crippen molar-refractivity contribution >= 4 is 17.3 Å². The summed E-state index contributed by atoms with van der Waals surface area (Å²) in [4.78, 5) is 13.1. The molecule has 0 fully saturated rings. The lowest BCUT2D eigenvalue weighted by Gasteiger charge is -2.28. The summed E-state index contributed by atoms with van der Waals surface area (Å²) in [5, 5.41) is 3.43. The molecular weight excluding hydrogens is 214 g/mol. The second-order valence-electron chi connectivity index (χ2n) is 4.32. The molecule has 1 heterocycles. The van der Waals surface area contributed by atoms with Gasteiger partial charge >= 0.3 is 0 Å². The van der Waals surface area contributed by atoms with Gasteiger partial charge in [-0.05, 0) is 31.4 Å². The molecule has 0 bridgehead atoms. The number of nitrogens with zero attached hydrogens (tertiary/aromatic N) is 1. The van der Waals surface area contributed by atoms with Crippen LogP contribution in [0.3, 0.4) is 0 Å².